The Morgan fingerprint density at radius 1 is 1.15 bits per heavy atom. The van der Waals surface area contributed by atoms with Crippen LogP contribution in [0.15, 0.2) is 41.9 Å². The summed E-state index contributed by atoms with van der Waals surface area (Å²) in [6.45, 7) is -0.223. The number of thiazole rings is 1. The molecular formula is C20H19N3O3S. The number of rotatable bonds is 4. The number of hydrogen-bond acceptors (Lipinski definition) is 5. The lowest BCUT2D eigenvalue weighted by molar-refractivity contribution is -0.143. The summed E-state index contributed by atoms with van der Waals surface area (Å²) in [7, 11) is 0. The minimum absolute atomic E-state index is 0.168. The molecule has 2 saturated carbocycles. The molecule has 2 aromatic rings. The van der Waals surface area contributed by atoms with Crippen LogP contribution in [0.25, 0.3) is 0 Å². The normalized spacial score (nSPS) is 31.4. The van der Waals surface area contributed by atoms with Crippen molar-refractivity contribution in [2.45, 2.75) is 18.8 Å². The monoisotopic (exact) mass is 381 g/mol. The summed E-state index contributed by atoms with van der Waals surface area (Å²) in [5.74, 6) is -0.452. The van der Waals surface area contributed by atoms with Gasteiger partial charge in [0.25, 0.3) is 0 Å². The zero-order valence-corrected chi connectivity index (χ0v) is 15.4. The van der Waals surface area contributed by atoms with E-state index in [0.717, 1.165) is 12.8 Å². The lowest BCUT2D eigenvalue weighted by Crippen LogP contribution is -2.39. The van der Waals surface area contributed by atoms with E-state index in [4.69, 9.17) is 0 Å². The lowest BCUT2D eigenvalue weighted by atomic mass is 9.73. The summed E-state index contributed by atoms with van der Waals surface area (Å²) in [6, 6.07) is 10.3. The number of carbonyl (C=O) groups excluding carboxylic acids is 3. The average molecular weight is 381 g/mol. The van der Waals surface area contributed by atoms with Gasteiger partial charge in [0.1, 0.15) is 6.54 Å². The molecule has 1 N–H and O–H groups in total. The number of imide groups is 1. The van der Waals surface area contributed by atoms with E-state index in [2.05, 4.69) is 22.4 Å². The third-order valence-corrected chi connectivity index (χ3v) is 7.00. The van der Waals surface area contributed by atoms with Crippen molar-refractivity contribution < 1.29 is 14.4 Å². The van der Waals surface area contributed by atoms with Gasteiger partial charge in [0.05, 0.1) is 11.8 Å². The number of aromatic nitrogens is 1. The van der Waals surface area contributed by atoms with Crippen LogP contribution in [0, 0.1) is 23.7 Å². The van der Waals surface area contributed by atoms with Crippen LogP contribution >= 0.6 is 11.3 Å². The van der Waals surface area contributed by atoms with Gasteiger partial charge in [-0.2, -0.15) is 0 Å². The van der Waals surface area contributed by atoms with Crippen molar-refractivity contribution in [2.24, 2.45) is 23.7 Å². The predicted molar refractivity (Wildman–Crippen MR) is 99.8 cm³/mol. The Morgan fingerprint density at radius 2 is 1.93 bits per heavy atom. The molecule has 2 aliphatic carbocycles. The van der Waals surface area contributed by atoms with Crippen molar-refractivity contribution in [3.8, 4) is 0 Å². The smallest absolute Gasteiger partial charge is 0.246 e. The van der Waals surface area contributed by atoms with Crippen LogP contribution in [-0.4, -0.2) is 34.2 Å². The minimum Gasteiger partial charge on any atom is -0.300 e. The molecule has 3 aliphatic rings. The number of fused-ring (bicyclic) bond motifs is 5. The SMILES string of the molecule is O=C(CN1C(=O)[C@@H]2[C@@H]3C[C@@H]([C@@H]2C1=O)[C@H](c1ccccc1)C3)Nc1nccs1. The Kier molecular flexibility index (Phi) is 3.86. The summed E-state index contributed by atoms with van der Waals surface area (Å²) in [4.78, 5) is 43.3. The third-order valence-electron chi connectivity index (χ3n) is 6.31. The van der Waals surface area contributed by atoms with Gasteiger partial charge < -0.3 is 5.32 Å². The highest BCUT2D eigenvalue weighted by atomic mass is 32.1. The second kappa shape index (κ2) is 6.27. The Balaban J connectivity index is 1.34. The van der Waals surface area contributed by atoms with Gasteiger partial charge in [-0.3, -0.25) is 19.3 Å². The molecule has 0 radical (unpaired) electrons. The first-order valence-electron chi connectivity index (χ1n) is 9.23. The molecule has 0 unspecified atom stereocenters. The van der Waals surface area contributed by atoms with Gasteiger partial charge in [0, 0.05) is 11.6 Å². The fourth-order valence-corrected chi connectivity index (χ4v) is 5.89. The summed E-state index contributed by atoms with van der Waals surface area (Å²) in [5.41, 5.74) is 1.25. The topological polar surface area (TPSA) is 79.4 Å². The van der Waals surface area contributed by atoms with E-state index in [0.29, 0.717) is 11.0 Å². The van der Waals surface area contributed by atoms with E-state index in [1.54, 1.807) is 11.6 Å². The first kappa shape index (κ1) is 16.6. The predicted octanol–water partition coefficient (Wildman–Crippen LogP) is 2.51. The molecule has 0 spiro atoms. The van der Waals surface area contributed by atoms with Crippen molar-refractivity contribution in [1.82, 2.24) is 9.88 Å². The van der Waals surface area contributed by atoms with E-state index in [9.17, 15) is 14.4 Å². The number of anilines is 1. The summed E-state index contributed by atoms with van der Waals surface area (Å²) in [6.07, 6.45) is 3.48. The van der Waals surface area contributed by atoms with Gasteiger partial charge >= 0.3 is 0 Å². The van der Waals surface area contributed by atoms with E-state index < -0.39 is 0 Å². The van der Waals surface area contributed by atoms with E-state index >= 15 is 0 Å². The number of amides is 3. The van der Waals surface area contributed by atoms with Gasteiger partial charge in [0.2, 0.25) is 17.7 Å². The van der Waals surface area contributed by atoms with Gasteiger partial charge in [-0.05, 0) is 36.2 Å². The number of nitrogens with one attached hydrogen (secondary N) is 1. The van der Waals surface area contributed by atoms with Crippen LogP contribution in [0.1, 0.15) is 24.3 Å². The first-order chi connectivity index (χ1) is 13.1. The molecule has 3 fully saturated rings. The minimum atomic E-state index is -0.376. The highest BCUT2D eigenvalue weighted by Gasteiger charge is 2.63. The van der Waals surface area contributed by atoms with Crippen molar-refractivity contribution in [3.05, 3.63) is 47.5 Å². The van der Waals surface area contributed by atoms with Crippen LogP contribution in [0.5, 0.6) is 0 Å². The van der Waals surface area contributed by atoms with Gasteiger partial charge in [0.15, 0.2) is 5.13 Å². The number of carbonyl (C=O) groups is 3. The molecule has 2 heterocycles. The molecule has 1 saturated heterocycles. The largest absolute Gasteiger partial charge is 0.300 e. The quantitative estimate of drug-likeness (QED) is 0.826. The number of likely N-dealkylation sites (tertiary alicyclic amines) is 1. The van der Waals surface area contributed by atoms with Crippen molar-refractivity contribution in [2.75, 3.05) is 11.9 Å². The van der Waals surface area contributed by atoms with Crippen LogP contribution in [0.4, 0.5) is 5.13 Å². The molecule has 1 aromatic carbocycles. The molecule has 2 bridgehead atoms. The fourth-order valence-electron chi connectivity index (χ4n) is 5.35. The van der Waals surface area contributed by atoms with Gasteiger partial charge in [-0.1, -0.05) is 30.3 Å². The second-order valence-electron chi connectivity index (χ2n) is 7.61. The first-order valence-corrected chi connectivity index (χ1v) is 10.1. The molecule has 7 heteroatoms. The van der Waals surface area contributed by atoms with Gasteiger partial charge in [-0.25, -0.2) is 4.98 Å². The fraction of sp³-hybridized carbons (Fsp3) is 0.400. The summed E-state index contributed by atoms with van der Waals surface area (Å²) < 4.78 is 0. The highest BCUT2D eigenvalue weighted by molar-refractivity contribution is 7.13. The maximum absolute atomic E-state index is 13.0. The number of hydrogen-bond donors (Lipinski definition) is 1. The standard InChI is InChI=1S/C20H19N3O3S/c24-15(22-20-21-6-7-27-20)10-23-18(25)16-12-8-13(11-4-2-1-3-5-11)14(9-12)17(16)19(23)26/h1-7,12-14,16-17H,8-10H2,(H,21,22,24)/t12-,13-,14+,16+,17-/m0/s1. The van der Waals surface area contributed by atoms with Gasteiger partial charge in [-0.15, -0.1) is 11.3 Å². The molecule has 27 heavy (non-hydrogen) atoms. The Labute approximate surface area is 160 Å². The summed E-state index contributed by atoms with van der Waals surface area (Å²) >= 11 is 1.30. The maximum Gasteiger partial charge on any atom is 0.246 e. The molecule has 1 aliphatic heterocycles. The lowest BCUT2D eigenvalue weighted by Gasteiger charge is -2.28. The molecule has 6 nitrogen and oxygen atoms in total. The van der Waals surface area contributed by atoms with E-state index in [-0.39, 0.29) is 47.9 Å². The molecule has 3 amide bonds. The molecule has 5 rings (SSSR count). The van der Waals surface area contributed by atoms with Crippen LogP contribution in [0.2, 0.25) is 0 Å². The summed E-state index contributed by atoms with van der Waals surface area (Å²) in [5, 5.41) is 4.88. The molecule has 138 valence electrons. The van der Waals surface area contributed by atoms with Crippen molar-refractivity contribution >= 4 is 34.2 Å². The zero-order chi connectivity index (χ0) is 18.5. The van der Waals surface area contributed by atoms with E-state index in [1.165, 1.54) is 21.8 Å². The van der Waals surface area contributed by atoms with E-state index in [1.807, 2.05) is 18.2 Å². The van der Waals surface area contributed by atoms with Crippen molar-refractivity contribution in [1.29, 1.82) is 0 Å². The highest BCUT2D eigenvalue weighted by Crippen LogP contribution is 2.61. The van der Waals surface area contributed by atoms with Crippen LogP contribution in [-0.2, 0) is 14.4 Å². The number of nitrogens with zero attached hydrogens (tertiary/aromatic N) is 2. The number of benzene rings is 1. The average Bonchev–Trinajstić information content (AvgIpc) is 3.44. The van der Waals surface area contributed by atoms with Crippen LogP contribution in [0.3, 0.4) is 0 Å². The molecule has 5 atom stereocenters. The maximum atomic E-state index is 13.0. The third kappa shape index (κ3) is 2.60. The molecular weight excluding hydrogens is 362 g/mol. The van der Waals surface area contributed by atoms with Crippen molar-refractivity contribution in [3.63, 3.8) is 0 Å². The second-order valence-corrected chi connectivity index (χ2v) is 8.51. The Hall–Kier alpha value is -2.54. The van der Waals surface area contributed by atoms with Crippen LogP contribution < -0.4 is 5.32 Å². The molecule has 1 aromatic heterocycles. The zero-order valence-electron chi connectivity index (χ0n) is 14.6. The Bertz CT molecular complexity index is 898. The Morgan fingerprint density at radius 3 is 2.67 bits per heavy atom.